The van der Waals surface area contributed by atoms with Gasteiger partial charge in [-0.3, -0.25) is 0 Å². The molecule has 2 atom stereocenters. The first-order chi connectivity index (χ1) is 7.75. The topological polar surface area (TPSA) is 18.5 Å². The maximum atomic E-state index is 3.70. The molecule has 2 unspecified atom stereocenters. The van der Waals surface area contributed by atoms with Gasteiger partial charge in [-0.1, -0.05) is 12.8 Å². The third-order valence-corrected chi connectivity index (χ3v) is 4.12. The highest BCUT2D eigenvalue weighted by Crippen LogP contribution is 2.16. The third-order valence-electron chi connectivity index (χ3n) is 4.12. The average molecular weight is 225 g/mol. The van der Waals surface area contributed by atoms with Gasteiger partial charge in [-0.15, -0.1) is 0 Å². The molecule has 0 aromatic rings. The molecule has 3 nitrogen and oxygen atoms in total. The fourth-order valence-electron chi connectivity index (χ4n) is 2.97. The molecule has 2 saturated heterocycles. The number of likely N-dealkylation sites (tertiary alicyclic amines) is 1. The molecule has 1 N–H and O–H groups in total. The molecule has 0 saturated carbocycles. The second-order valence-corrected chi connectivity index (χ2v) is 5.67. The zero-order valence-corrected chi connectivity index (χ0v) is 10.9. The highest BCUT2D eigenvalue weighted by molar-refractivity contribution is 4.84. The van der Waals surface area contributed by atoms with E-state index < -0.39 is 0 Å². The lowest BCUT2D eigenvalue weighted by Crippen LogP contribution is -2.41. The highest BCUT2D eigenvalue weighted by Gasteiger charge is 2.25. The fourth-order valence-corrected chi connectivity index (χ4v) is 2.97. The van der Waals surface area contributed by atoms with Crippen molar-refractivity contribution >= 4 is 0 Å². The lowest BCUT2D eigenvalue weighted by Gasteiger charge is -2.24. The average Bonchev–Trinajstić information content (AvgIpc) is 2.56. The largest absolute Gasteiger partial charge is 0.313 e. The third kappa shape index (κ3) is 3.44. The van der Waals surface area contributed by atoms with E-state index in [1.54, 1.807) is 0 Å². The predicted molar refractivity (Wildman–Crippen MR) is 68.8 cm³/mol. The van der Waals surface area contributed by atoms with Gasteiger partial charge < -0.3 is 15.1 Å². The minimum atomic E-state index is 0.753. The van der Waals surface area contributed by atoms with Gasteiger partial charge in [0.2, 0.25) is 0 Å². The molecule has 0 aromatic carbocycles. The smallest absolute Gasteiger partial charge is 0.0229 e. The van der Waals surface area contributed by atoms with Gasteiger partial charge in [-0.2, -0.15) is 0 Å². The van der Waals surface area contributed by atoms with Crippen LogP contribution in [0.1, 0.15) is 32.1 Å². The molecule has 3 heteroatoms. The number of likely N-dealkylation sites (N-methyl/N-ethyl adjacent to an activating group) is 1. The summed E-state index contributed by atoms with van der Waals surface area (Å²) < 4.78 is 0. The van der Waals surface area contributed by atoms with Crippen LogP contribution in [0.3, 0.4) is 0 Å². The lowest BCUT2D eigenvalue weighted by atomic mass is 10.1. The van der Waals surface area contributed by atoms with Crippen molar-refractivity contribution in [2.24, 2.45) is 0 Å². The molecule has 2 rings (SSSR count). The van der Waals surface area contributed by atoms with Crippen LogP contribution in [0.2, 0.25) is 0 Å². The summed E-state index contributed by atoms with van der Waals surface area (Å²) in [6.45, 7) is 5.06. The predicted octanol–water partition coefficient (Wildman–Crippen LogP) is 1.15. The summed E-state index contributed by atoms with van der Waals surface area (Å²) in [4.78, 5) is 5.02. The Kier molecular flexibility index (Phi) is 4.62. The van der Waals surface area contributed by atoms with E-state index in [1.807, 2.05) is 0 Å². The Morgan fingerprint density at radius 2 is 2.06 bits per heavy atom. The Morgan fingerprint density at radius 3 is 2.81 bits per heavy atom. The minimum Gasteiger partial charge on any atom is -0.313 e. The van der Waals surface area contributed by atoms with E-state index in [9.17, 15) is 0 Å². The summed E-state index contributed by atoms with van der Waals surface area (Å²) in [5, 5.41) is 3.70. The molecule has 0 aliphatic carbocycles. The molecule has 0 aromatic heterocycles. The van der Waals surface area contributed by atoms with Gasteiger partial charge in [-0.05, 0) is 46.4 Å². The second kappa shape index (κ2) is 5.99. The van der Waals surface area contributed by atoms with Crippen LogP contribution in [0.4, 0.5) is 0 Å². The summed E-state index contributed by atoms with van der Waals surface area (Å²) in [6.07, 6.45) is 6.94. The van der Waals surface area contributed by atoms with Crippen LogP contribution in [0.25, 0.3) is 0 Å². The van der Waals surface area contributed by atoms with Crippen molar-refractivity contribution in [2.75, 3.05) is 40.3 Å². The van der Waals surface area contributed by atoms with Crippen molar-refractivity contribution in [1.82, 2.24) is 15.1 Å². The molecule has 2 fully saturated rings. The number of rotatable bonds is 3. The normalized spacial score (nSPS) is 33.2. The first-order valence-electron chi connectivity index (χ1n) is 6.88. The number of hydrogen-bond acceptors (Lipinski definition) is 3. The fraction of sp³-hybridized carbons (Fsp3) is 1.00. The van der Waals surface area contributed by atoms with Crippen LogP contribution in [0.15, 0.2) is 0 Å². The molecule has 2 aliphatic rings. The Labute approximate surface area is 100 Å². The summed E-state index contributed by atoms with van der Waals surface area (Å²) in [5.74, 6) is 0. The molecule has 0 radical (unpaired) electrons. The lowest BCUT2D eigenvalue weighted by molar-refractivity contribution is 0.248. The SMILES string of the molecule is CN(C)C1CCN(CC2CCCCCN2)C1. The Balaban J connectivity index is 1.73. The molecule has 2 aliphatic heterocycles. The molecule has 0 amide bonds. The van der Waals surface area contributed by atoms with Crippen LogP contribution in [0.5, 0.6) is 0 Å². The summed E-state index contributed by atoms with van der Waals surface area (Å²) in [6, 6.07) is 1.54. The number of nitrogens with zero attached hydrogens (tertiary/aromatic N) is 2. The van der Waals surface area contributed by atoms with Crippen molar-refractivity contribution in [2.45, 2.75) is 44.2 Å². The number of nitrogens with one attached hydrogen (secondary N) is 1. The first kappa shape index (κ1) is 12.3. The molecular weight excluding hydrogens is 198 g/mol. The van der Waals surface area contributed by atoms with Crippen molar-refractivity contribution in [3.8, 4) is 0 Å². The minimum absolute atomic E-state index is 0.753. The Bertz CT molecular complexity index is 197. The summed E-state index contributed by atoms with van der Waals surface area (Å²) in [7, 11) is 4.41. The monoisotopic (exact) mass is 225 g/mol. The summed E-state index contributed by atoms with van der Waals surface area (Å²) >= 11 is 0. The first-order valence-corrected chi connectivity index (χ1v) is 6.88. The van der Waals surface area contributed by atoms with Gasteiger partial charge in [0.1, 0.15) is 0 Å². The van der Waals surface area contributed by atoms with Gasteiger partial charge in [0.15, 0.2) is 0 Å². The van der Waals surface area contributed by atoms with Crippen LogP contribution >= 0.6 is 0 Å². The van der Waals surface area contributed by atoms with Crippen molar-refractivity contribution < 1.29 is 0 Å². The van der Waals surface area contributed by atoms with Crippen molar-refractivity contribution in [3.63, 3.8) is 0 Å². The van der Waals surface area contributed by atoms with Crippen LogP contribution in [-0.2, 0) is 0 Å². The maximum Gasteiger partial charge on any atom is 0.0229 e. The van der Waals surface area contributed by atoms with E-state index in [1.165, 1.54) is 58.3 Å². The van der Waals surface area contributed by atoms with Crippen LogP contribution in [0, 0.1) is 0 Å². The molecule has 0 spiro atoms. The molecule has 0 bridgehead atoms. The Morgan fingerprint density at radius 1 is 1.19 bits per heavy atom. The van der Waals surface area contributed by atoms with E-state index in [2.05, 4.69) is 29.2 Å². The maximum absolute atomic E-state index is 3.70. The van der Waals surface area contributed by atoms with Crippen LogP contribution < -0.4 is 5.32 Å². The van der Waals surface area contributed by atoms with E-state index in [-0.39, 0.29) is 0 Å². The van der Waals surface area contributed by atoms with Gasteiger partial charge >= 0.3 is 0 Å². The van der Waals surface area contributed by atoms with Gasteiger partial charge in [0.25, 0.3) is 0 Å². The van der Waals surface area contributed by atoms with E-state index in [0.717, 1.165) is 12.1 Å². The van der Waals surface area contributed by atoms with E-state index in [4.69, 9.17) is 0 Å². The van der Waals surface area contributed by atoms with Crippen LogP contribution in [-0.4, -0.2) is 62.2 Å². The van der Waals surface area contributed by atoms with Crippen molar-refractivity contribution in [3.05, 3.63) is 0 Å². The van der Waals surface area contributed by atoms with E-state index in [0.29, 0.717) is 0 Å². The van der Waals surface area contributed by atoms with Gasteiger partial charge in [-0.25, -0.2) is 0 Å². The van der Waals surface area contributed by atoms with Crippen molar-refractivity contribution in [1.29, 1.82) is 0 Å². The zero-order valence-electron chi connectivity index (χ0n) is 10.9. The van der Waals surface area contributed by atoms with Gasteiger partial charge in [0, 0.05) is 25.2 Å². The number of hydrogen-bond donors (Lipinski definition) is 1. The zero-order chi connectivity index (χ0) is 11.4. The second-order valence-electron chi connectivity index (χ2n) is 5.67. The molecule has 16 heavy (non-hydrogen) atoms. The quantitative estimate of drug-likeness (QED) is 0.777. The molecule has 2 heterocycles. The van der Waals surface area contributed by atoms with Gasteiger partial charge in [0.05, 0.1) is 0 Å². The molecular formula is C13H27N3. The Hall–Kier alpha value is -0.120. The standard InChI is InChI=1S/C13H27N3/c1-15(2)13-7-9-16(11-13)10-12-6-4-3-5-8-14-12/h12-14H,3-11H2,1-2H3. The van der Waals surface area contributed by atoms with E-state index >= 15 is 0 Å². The highest BCUT2D eigenvalue weighted by atomic mass is 15.2. The summed E-state index contributed by atoms with van der Waals surface area (Å²) in [5.41, 5.74) is 0. The molecule has 94 valence electrons.